The number of carboxylic acid groups (broad SMARTS) is 1. The van der Waals surface area contributed by atoms with E-state index >= 15 is 0 Å². The summed E-state index contributed by atoms with van der Waals surface area (Å²) in [4.78, 5) is 190. The fraction of sp³-hybridized carbons (Fsp3) is 0.348. The number of benzene rings is 5. The van der Waals surface area contributed by atoms with Crippen LogP contribution in [0, 0.1) is 55.7 Å². The van der Waals surface area contributed by atoms with Crippen molar-refractivity contribution in [1.82, 2.24) is 24.4 Å². The van der Waals surface area contributed by atoms with Crippen LogP contribution in [0.3, 0.4) is 0 Å². The average Bonchev–Trinajstić information content (AvgIpc) is 1.12. The first-order chi connectivity index (χ1) is 59.2. The molecule has 50 nitrogen and oxygen atoms in total. The van der Waals surface area contributed by atoms with Crippen LogP contribution in [0.4, 0.5) is 11.4 Å². The summed E-state index contributed by atoms with van der Waals surface area (Å²) in [5.41, 5.74) is -0.354. The normalized spacial score (nSPS) is 18.8. The summed E-state index contributed by atoms with van der Waals surface area (Å²) >= 11 is 12.9. The van der Waals surface area contributed by atoms with Crippen molar-refractivity contribution in [3.05, 3.63) is 206 Å². The lowest BCUT2D eigenvalue weighted by Gasteiger charge is -2.22. The molecule has 2 fully saturated rings. The van der Waals surface area contributed by atoms with Crippen molar-refractivity contribution < 1.29 is 166 Å². The Kier molecular flexibility index (Phi) is 32.9. The summed E-state index contributed by atoms with van der Waals surface area (Å²) in [6.07, 6.45) is -9.27. The van der Waals surface area contributed by atoms with E-state index < -0.39 is 206 Å². The second kappa shape index (κ2) is 41.4. The first-order valence-electron chi connectivity index (χ1n) is 35.9. The number of nitro benzene ring substituents is 2. The fourth-order valence-electron chi connectivity index (χ4n) is 12.6. The van der Waals surface area contributed by atoms with Crippen LogP contribution in [-0.2, 0) is 85.8 Å². The number of carbonyl (C=O) groups excluding carboxylic acids is 1. The molecule has 2 saturated heterocycles. The monoisotopic (exact) mass is 1940 g/mol. The standard InChI is InChI=1S/C46H43Cl2N4O25P3.C23H31N4O17P3/c1-20(2)40(72-18-23-17-51(46(60)50-44(23)57)34-16-30(53)33(74-34)19-73-79(66,67)77-80(68,69)76-78(63,64)65)25-9-7-21(12-29(25)52(61)62)6-5-11-49-43(56)22-8-10-24(45(58)59)26(13-22)35-27-14-31(70-3)38(54)36(47)41(27)75-42-28(35)15-32(71-4)39(55)37(42)48;1-13(2)21(16-6-5-14(4-3-7-24)8-17(16)27(31)32)40-11-15-10-26(23(30)25-22(15)29)20-9-18(28)19(42-20)12-41-46(36,37)44-47(38,39)43-45(33,34)35/h7-10,12-15,17,20,30,33-34,40,53-54H,11,16,18-19H2,1-4H3,(H,49,56)(H,58,59)(H,66,67)(H,68,69)(H,50,57,60)(H2,63,64,65);5-6,8,10,13,18-21,28H,7,9,11-12,24H2,1-2H3,(H,36,37)(H,38,39)(H,25,29,30)(H2,33,34,35)/p-1/t30-,33-,34-,40-;18-,19-,20-,21+/m11/s1. The number of hydrogen-bond acceptors (Lipinski definition) is 34. The number of phosphoric acid groups is 6. The molecule has 686 valence electrons. The Morgan fingerprint density at radius 2 is 1.09 bits per heavy atom. The lowest BCUT2D eigenvalue weighted by molar-refractivity contribution is -0.386. The molecule has 2 aromatic heterocycles. The number of H-pyrrole nitrogens is 2. The predicted octanol–water partition coefficient (Wildman–Crippen LogP) is 5.77. The SMILES string of the molecule is CC(C)[C@H](OCc1cn([C@H]2C[C@@H](O)[C@@H](COP(=O)(O)OP(=O)(O)OP(=O)(O)O)O2)c(=O)[nH]c1=O)c1ccc(C#CCN)cc1[N+](=O)[O-].COc1cc2c(-c3cc(C(=O)NCC#Cc4ccc([C@H](OCc5cn([C@H]6C[C@@H](O)[C@@H](COP(=O)(O)OP(=O)(O)OP(=O)(O)O)O6)c(=O)[nH]c5=O)C(C)C)c([N+](=O)[O-])c4)ccc3C(=O)O)c3cc(OC)c(=O)c(Cl)c-3oc2c(Cl)c1[O-]. The number of nitro groups is 2. The molecule has 16 N–H and O–H groups in total. The molecule has 0 bridgehead atoms. The third-order valence-electron chi connectivity index (χ3n) is 18.0. The summed E-state index contributed by atoms with van der Waals surface area (Å²) in [6.45, 7) is 3.47. The number of amides is 1. The first kappa shape index (κ1) is 101. The highest BCUT2D eigenvalue weighted by atomic mass is 35.5. The molecular weight excluding hydrogens is 1870 g/mol. The van der Waals surface area contributed by atoms with E-state index in [-0.39, 0.29) is 115 Å². The van der Waals surface area contributed by atoms with E-state index in [1.54, 1.807) is 33.8 Å². The number of hydrogen-bond donors (Lipinski definition) is 15. The Balaban J connectivity index is 0.000000330. The van der Waals surface area contributed by atoms with Crippen LogP contribution in [-0.4, -0.2) is 160 Å². The Labute approximate surface area is 721 Å². The summed E-state index contributed by atoms with van der Waals surface area (Å²) < 4.78 is 134. The molecule has 4 unspecified atom stereocenters. The number of aromatic carboxylic acids is 1. The van der Waals surface area contributed by atoms with Crippen LogP contribution >= 0.6 is 70.1 Å². The second-order valence-corrected chi connectivity index (χ2v) is 37.1. The molecule has 127 heavy (non-hydrogen) atoms. The van der Waals surface area contributed by atoms with Crippen molar-refractivity contribution in [1.29, 1.82) is 0 Å². The summed E-state index contributed by atoms with van der Waals surface area (Å²) in [6, 6.07) is 14.3. The van der Waals surface area contributed by atoms with Crippen LogP contribution in [0.5, 0.6) is 17.2 Å². The third-order valence-corrected chi connectivity index (χ3v) is 26.3. The van der Waals surface area contributed by atoms with Crippen LogP contribution in [0.15, 0.2) is 108 Å². The maximum Gasteiger partial charge on any atom is 0.490 e. The number of rotatable bonds is 34. The topological polar surface area (TPSA) is 757 Å². The van der Waals surface area contributed by atoms with Gasteiger partial charge in [-0.3, -0.25) is 67.6 Å². The minimum absolute atomic E-state index is 0.0134. The second-order valence-electron chi connectivity index (χ2n) is 27.5. The van der Waals surface area contributed by atoms with Gasteiger partial charge in [0.15, 0.2) is 17.1 Å². The molecule has 12 atom stereocenters. The summed E-state index contributed by atoms with van der Waals surface area (Å²) in [5, 5.41) is 70.3. The number of carbonyl (C=O) groups is 2. The number of ether oxygens (including phenoxy) is 6. The number of phosphoric ester groups is 2. The number of halogens is 2. The Morgan fingerprint density at radius 3 is 1.50 bits per heavy atom. The molecule has 0 saturated carbocycles. The third kappa shape index (κ3) is 25.9. The van der Waals surface area contributed by atoms with Gasteiger partial charge < -0.3 is 103 Å². The zero-order valence-corrected chi connectivity index (χ0v) is 72.7. The average molecular weight is 1940 g/mol. The van der Waals surface area contributed by atoms with Crippen molar-refractivity contribution in [3.63, 3.8) is 0 Å². The van der Waals surface area contributed by atoms with Crippen LogP contribution in [0.25, 0.3) is 33.4 Å². The van der Waals surface area contributed by atoms with Gasteiger partial charge in [-0.1, -0.05) is 74.6 Å². The summed E-state index contributed by atoms with van der Waals surface area (Å²) in [5.74, 6) is 6.14. The zero-order chi connectivity index (χ0) is 94.2. The van der Waals surface area contributed by atoms with Gasteiger partial charge in [0, 0.05) is 70.6 Å². The number of aromatic amines is 2. The molecule has 4 aromatic carbocycles. The van der Waals surface area contributed by atoms with Gasteiger partial charge in [-0.2, -0.15) is 17.2 Å². The Bertz CT molecular complexity index is 6350. The maximum atomic E-state index is 13.7. The Morgan fingerprint density at radius 1 is 0.630 bits per heavy atom. The molecule has 1 amide bonds. The molecule has 6 aromatic rings. The highest BCUT2D eigenvalue weighted by Gasteiger charge is 2.46. The largest absolute Gasteiger partial charge is 0.869 e. The molecule has 10 rings (SSSR count). The van der Waals surface area contributed by atoms with E-state index in [2.05, 4.69) is 65.3 Å². The zero-order valence-electron chi connectivity index (χ0n) is 65.8. The Hall–Kier alpha value is -9.69. The number of carboxylic acids is 1. The smallest absolute Gasteiger partial charge is 0.490 e. The van der Waals surface area contributed by atoms with E-state index in [0.717, 1.165) is 33.7 Å². The first-order valence-corrected chi connectivity index (χ1v) is 45.7. The highest BCUT2D eigenvalue weighted by Crippen LogP contribution is 2.68. The van der Waals surface area contributed by atoms with Crippen molar-refractivity contribution in [2.75, 3.05) is 40.5 Å². The van der Waals surface area contributed by atoms with E-state index in [0.29, 0.717) is 5.56 Å². The number of nitrogens with one attached hydrogen (secondary N) is 3. The molecular formula is C69H73Cl2N8O42P6-. The van der Waals surface area contributed by atoms with Crippen molar-refractivity contribution >= 4 is 104 Å². The number of fused-ring (bicyclic) bond motifs is 2. The number of aliphatic hydroxyl groups excluding tert-OH is 2. The predicted molar refractivity (Wildman–Crippen MR) is 431 cm³/mol. The molecule has 0 radical (unpaired) electrons. The fourth-order valence-corrected chi connectivity index (χ4v) is 19.1. The van der Waals surface area contributed by atoms with E-state index in [9.17, 15) is 121 Å². The van der Waals surface area contributed by atoms with Gasteiger partial charge in [0.2, 0.25) is 5.43 Å². The van der Waals surface area contributed by atoms with Gasteiger partial charge in [0.05, 0.1) is 121 Å². The molecule has 3 aliphatic heterocycles. The van der Waals surface area contributed by atoms with Crippen molar-refractivity contribution in [3.8, 4) is 63.4 Å². The molecule has 1 aliphatic carbocycles. The molecule has 0 spiro atoms. The van der Waals surface area contributed by atoms with Gasteiger partial charge >= 0.3 is 64.3 Å². The number of aliphatic hydroxyl groups is 2. The number of nitrogens with zero attached hydrogens (tertiary/aromatic N) is 4. The van der Waals surface area contributed by atoms with E-state index in [1.165, 1.54) is 62.8 Å². The van der Waals surface area contributed by atoms with Gasteiger partial charge in [0.1, 0.15) is 35.4 Å². The van der Waals surface area contributed by atoms with Gasteiger partial charge in [-0.15, -0.1) is 0 Å². The maximum absolute atomic E-state index is 13.7. The number of methoxy groups -OCH3 is 2. The lowest BCUT2D eigenvalue weighted by Crippen LogP contribution is -2.34. The minimum atomic E-state index is -5.86. The molecule has 5 heterocycles. The molecule has 58 heteroatoms. The lowest BCUT2D eigenvalue weighted by atomic mass is 9.89. The van der Waals surface area contributed by atoms with E-state index in [4.69, 9.17) is 81.3 Å². The highest BCUT2D eigenvalue weighted by molar-refractivity contribution is 7.67. The minimum Gasteiger partial charge on any atom is -0.869 e. The van der Waals surface area contributed by atoms with Crippen LogP contribution in [0.1, 0.15) is 119 Å². The van der Waals surface area contributed by atoms with Crippen LogP contribution < -0.4 is 53.6 Å². The quantitative estimate of drug-likeness (QED) is 0.00748. The van der Waals surface area contributed by atoms with Crippen LogP contribution in [0.2, 0.25) is 10.0 Å². The van der Waals surface area contributed by atoms with E-state index in [1.807, 2.05) is 0 Å². The molecule has 4 aliphatic rings. The van der Waals surface area contributed by atoms with Crippen molar-refractivity contribution in [2.24, 2.45) is 17.6 Å². The van der Waals surface area contributed by atoms with Gasteiger partial charge in [-0.25, -0.2) is 41.8 Å². The van der Waals surface area contributed by atoms with Gasteiger partial charge in [-0.05, 0) is 77.7 Å². The summed E-state index contributed by atoms with van der Waals surface area (Å²) in [7, 11) is -31.7. The number of nitrogens with two attached hydrogens (primary N) is 1. The van der Waals surface area contributed by atoms with Crippen molar-refractivity contribution in [2.45, 2.75) is 103 Å². The number of aromatic nitrogens is 4. The van der Waals surface area contributed by atoms with Gasteiger partial charge in [0.25, 0.3) is 28.4 Å².